The lowest BCUT2D eigenvalue weighted by molar-refractivity contribution is 0.113. The zero-order valence-electron chi connectivity index (χ0n) is 17.5. The first-order valence-electron chi connectivity index (χ1n) is 10.5. The number of benzene rings is 2. The SMILES string of the molecule is C[C@@]12CCCN1C[C@H](Cc1ccccc1)N(c1cc(F)c(/C=N/NC(N)=S)cc1F)C2. The van der Waals surface area contributed by atoms with Crippen LogP contribution in [0.5, 0.6) is 0 Å². The number of nitrogens with two attached hydrogens (primary N) is 1. The fourth-order valence-electron chi connectivity index (χ4n) is 4.80. The first kappa shape index (κ1) is 21.6. The second-order valence-corrected chi connectivity index (χ2v) is 9.02. The van der Waals surface area contributed by atoms with Crippen molar-refractivity contribution in [1.29, 1.82) is 0 Å². The van der Waals surface area contributed by atoms with Crippen LogP contribution >= 0.6 is 12.2 Å². The molecule has 0 amide bonds. The second kappa shape index (κ2) is 8.88. The van der Waals surface area contributed by atoms with Gasteiger partial charge >= 0.3 is 0 Å². The monoisotopic (exact) mass is 443 g/mol. The van der Waals surface area contributed by atoms with Gasteiger partial charge < -0.3 is 10.6 Å². The summed E-state index contributed by atoms with van der Waals surface area (Å²) in [5.74, 6) is -1.01. The molecule has 0 radical (unpaired) electrons. The van der Waals surface area contributed by atoms with E-state index >= 15 is 4.39 Å². The van der Waals surface area contributed by atoms with Crippen LogP contribution < -0.4 is 16.1 Å². The lowest BCUT2D eigenvalue weighted by atomic mass is 9.90. The number of fused-ring (bicyclic) bond motifs is 1. The molecule has 3 N–H and O–H groups in total. The third kappa shape index (κ3) is 4.70. The summed E-state index contributed by atoms with van der Waals surface area (Å²) in [6.07, 6.45) is 4.14. The van der Waals surface area contributed by atoms with E-state index < -0.39 is 11.6 Å². The summed E-state index contributed by atoms with van der Waals surface area (Å²) in [5.41, 5.74) is 9.16. The average molecular weight is 444 g/mol. The van der Waals surface area contributed by atoms with Crippen LogP contribution in [0.25, 0.3) is 0 Å². The Hall–Kier alpha value is -2.58. The lowest BCUT2D eigenvalue weighted by Gasteiger charge is -2.50. The second-order valence-electron chi connectivity index (χ2n) is 8.58. The van der Waals surface area contributed by atoms with Gasteiger partial charge in [0.2, 0.25) is 0 Å². The van der Waals surface area contributed by atoms with E-state index in [1.165, 1.54) is 23.9 Å². The van der Waals surface area contributed by atoms with Gasteiger partial charge in [-0.3, -0.25) is 10.3 Å². The van der Waals surface area contributed by atoms with Crippen LogP contribution in [-0.2, 0) is 6.42 Å². The number of piperazine rings is 1. The Kier molecular flexibility index (Phi) is 6.20. The Balaban J connectivity index is 1.65. The van der Waals surface area contributed by atoms with E-state index in [-0.39, 0.29) is 22.3 Å². The minimum Gasteiger partial charge on any atom is -0.375 e. The zero-order valence-corrected chi connectivity index (χ0v) is 18.3. The number of halogens is 2. The van der Waals surface area contributed by atoms with Gasteiger partial charge in [0, 0.05) is 36.3 Å². The maximum atomic E-state index is 15.2. The highest BCUT2D eigenvalue weighted by molar-refractivity contribution is 7.80. The van der Waals surface area contributed by atoms with E-state index in [1.807, 2.05) is 18.2 Å². The molecule has 0 unspecified atom stereocenters. The molecule has 164 valence electrons. The molecule has 2 aromatic rings. The zero-order chi connectivity index (χ0) is 22.0. The van der Waals surface area contributed by atoms with Crippen molar-refractivity contribution < 1.29 is 8.78 Å². The molecule has 2 saturated heterocycles. The molecule has 4 rings (SSSR count). The van der Waals surface area contributed by atoms with Crippen molar-refractivity contribution in [3.8, 4) is 0 Å². The van der Waals surface area contributed by atoms with E-state index in [1.54, 1.807) is 0 Å². The van der Waals surface area contributed by atoms with Gasteiger partial charge in [-0.25, -0.2) is 8.78 Å². The molecular weight excluding hydrogens is 416 g/mol. The number of hydrogen-bond acceptors (Lipinski definition) is 4. The maximum absolute atomic E-state index is 15.2. The van der Waals surface area contributed by atoms with Gasteiger partial charge in [0.05, 0.1) is 11.9 Å². The standard InChI is InChI=1S/C23H27F2N5S/c1-23-8-5-9-29(23)14-18(10-16-6-3-2-4-7-16)30(15-23)21-12-19(24)17(11-20(21)25)13-27-28-22(26)31/h2-4,6-7,11-13,18H,5,8-10,14-15H2,1H3,(H3,26,28,31)/b27-13+/t18-,23-/m0/s1. The molecular formula is C23H27F2N5S. The number of nitrogens with one attached hydrogen (secondary N) is 1. The minimum atomic E-state index is -0.539. The first-order chi connectivity index (χ1) is 14.9. The number of rotatable bonds is 5. The number of anilines is 1. The summed E-state index contributed by atoms with van der Waals surface area (Å²) in [6.45, 7) is 4.77. The van der Waals surface area contributed by atoms with E-state index in [9.17, 15) is 4.39 Å². The van der Waals surface area contributed by atoms with Gasteiger partial charge in [0.1, 0.15) is 11.6 Å². The summed E-state index contributed by atoms with van der Waals surface area (Å²) in [5, 5.41) is 3.70. The number of hydrogen-bond donors (Lipinski definition) is 2. The number of nitrogens with zero attached hydrogens (tertiary/aromatic N) is 3. The van der Waals surface area contributed by atoms with Gasteiger partial charge in [0.25, 0.3) is 0 Å². The molecule has 0 aromatic heterocycles. The molecule has 0 bridgehead atoms. The molecule has 2 atom stereocenters. The van der Waals surface area contributed by atoms with Crippen molar-refractivity contribution >= 4 is 29.2 Å². The summed E-state index contributed by atoms with van der Waals surface area (Å²) in [4.78, 5) is 4.56. The normalized spacial score (nSPS) is 23.8. The van der Waals surface area contributed by atoms with Gasteiger partial charge in [-0.2, -0.15) is 5.10 Å². The van der Waals surface area contributed by atoms with Gasteiger partial charge in [-0.1, -0.05) is 30.3 Å². The summed E-state index contributed by atoms with van der Waals surface area (Å²) in [6, 6.07) is 12.7. The molecule has 0 spiro atoms. The Morgan fingerprint density at radius 3 is 2.81 bits per heavy atom. The van der Waals surface area contributed by atoms with Crippen LogP contribution in [0, 0.1) is 11.6 Å². The highest BCUT2D eigenvalue weighted by Gasteiger charge is 2.45. The highest BCUT2D eigenvalue weighted by atomic mass is 32.1. The van der Waals surface area contributed by atoms with Crippen molar-refractivity contribution in [2.24, 2.45) is 10.8 Å². The number of hydrazone groups is 1. The Labute approximate surface area is 186 Å². The van der Waals surface area contributed by atoms with Crippen molar-refractivity contribution in [2.45, 2.75) is 37.8 Å². The van der Waals surface area contributed by atoms with Crippen LogP contribution in [0.15, 0.2) is 47.6 Å². The predicted octanol–water partition coefficient (Wildman–Crippen LogP) is 3.42. The van der Waals surface area contributed by atoms with Crippen molar-refractivity contribution in [1.82, 2.24) is 10.3 Å². The third-order valence-corrected chi connectivity index (χ3v) is 6.45. The molecule has 0 saturated carbocycles. The van der Waals surface area contributed by atoms with Crippen molar-refractivity contribution in [3.63, 3.8) is 0 Å². The van der Waals surface area contributed by atoms with Crippen LogP contribution in [0.3, 0.4) is 0 Å². The van der Waals surface area contributed by atoms with Gasteiger partial charge in [-0.15, -0.1) is 0 Å². The lowest BCUT2D eigenvalue weighted by Crippen LogP contribution is -2.63. The Bertz CT molecular complexity index is 983. The molecule has 2 fully saturated rings. The largest absolute Gasteiger partial charge is 0.375 e. The molecule has 2 heterocycles. The average Bonchev–Trinajstić information content (AvgIpc) is 3.11. The topological polar surface area (TPSA) is 56.9 Å². The molecule has 5 nitrogen and oxygen atoms in total. The Morgan fingerprint density at radius 1 is 1.29 bits per heavy atom. The molecule has 2 aromatic carbocycles. The highest BCUT2D eigenvalue weighted by Crippen LogP contribution is 2.38. The van der Waals surface area contributed by atoms with E-state index in [4.69, 9.17) is 5.73 Å². The van der Waals surface area contributed by atoms with Crippen molar-refractivity contribution in [3.05, 3.63) is 65.2 Å². The quantitative estimate of drug-likeness (QED) is 0.421. The smallest absolute Gasteiger partial charge is 0.184 e. The van der Waals surface area contributed by atoms with Gasteiger partial charge in [0.15, 0.2) is 5.11 Å². The number of thiocarbonyl (C=S) groups is 1. The van der Waals surface area contributed by atoms with E-state index in [0.29, 0.717) is 12.2 Å². The Morgan fingerprint density at radius 2 is 2.06 bits per heavy atom. The molecule has 31 heavy (non-hydrogen) atoms. The maximum Gasteiger partial charge on any atom is 0.184 e. The molecule has 2 aliphatic rings. The third-order valence-electron chi connectivity index (χ3n) is 6.36. The van der Waals surface area contributed by atoms with Gasteiger partial charge in [-0.05, 0) is 56.6 Å². The summed E-state index contributed by atoms with van der Waals surface area (Å²) < 4.78 is 30.1. The first-order valence-corrected chi connectivity index (χ1v) is 10.9. The van der Waals surface area contributed by atoms with Crippen LogP contribution in [-0.4, -0.2) is 47.4 Å². The molecule has 0 aliphatic carbocycles. The van der Waals surface area contributed by atoms with Crippen molar-refractivity contribution in [2.75, 3.05) is 24.5 Å². The predicted molar refractivity (Wildman–Crippen MR) is 124 cm³/mol. The van der Waals surface area contributed by atoms with E-state index in [2.05, 4.69) is 51.6 Å². The van der Waals surface area contributed by atoms with E-state index in [0.717, 1.165) is 32.4 Å². The van der Waals surface area contributed by atoms with Crippen LogP contribution in [0.4, 0.5) is 14.5 Å². The summed E-state index contributed by atoms with van der Waals surface area (Å²) in [7, 11) is 0. The molecule has 2 aliphatic heterocycles. The van der Waals surface area contributed by atoms with Crippen LogP contribution in [0.2, 0.25) is 0 Å². The minimum absolute atomic E-state index is 0.0308. The summed E-state index contributed by atoms with van der Waals surface area (Å²) >= 11 is 4.66. The van der Waals surface area contributed by atoms with Crippen LogP contribution in [0.1, 0.15) is 30.9 Å². The fourth-order valence-corrected chi connectivity index (χ4v) is 4.85. The molecule has 8 heteroatoms. The fraction of sp³-hybridized carbons (Fsp3) is 0.391.